The van der Waals surface area contributed by atoms with Crippen LogP contribution in [0.25, 0.3) is 11.2 Å². The van der Waals surface area contributed by atoms with Gasteiger partial charge in [0, 0.05) is 31.7 Å². The molecule has 0 radical (unpaired) electrons. The number of rotatable bonds is 4. The predicted molar refractivity (Wildman–Crippen MR) is 118 cm³/mol. The van der Waals surface area contributed by atoms with Crippen molar-refractivity contribution in [3.8, 4) is 0 Å². The number of likely N-dealkylation sites (tertiary alicyclic amines) is 1. The summed E-state index contributed by atoms with van der Waals surface area (Å²) in [6.45, 7) is 1.30. The van der Waals surface area contributed by atoms with Gasteiger partial charge in [0.1, 0.15) is 5.82 Å². The second-order valence-corrected chi connectivity index (χ2v) is 8.00. The van der Waals surface area contributed by atoms with Crippen LogP contribution in [0.15, 0.2) is 71.9 Å². The number of nitrogens with zero attached hydrogens (tertiary/aromatic N) is 5. The molecule has 1 aromatic carbocycles. The van der Waals surface area contributed by atoms with Crippen LogP contribution >= 0.6 is 0 Å². The minimum absolute atomic E-state index is 0.0905. The van der Waals surface area contributed by atoms with Crippen LogP contribution in [-0.4, -0.2) is 43.0 Å². The molecule has 4 aromatic rings. The van der Waals surface area contributed by atoms with Crippen LogP contribution < -0.4 is 5.69 Å². The number of aromatic nitrogens is 4. The second kappa shape index (κ2) is 8.37. The molecule has 1 saturated heterocycles. The molecule has 3 aromatic heterocycles. The monoisotopic (exact) mass is 431 g/mol. The normalized spacial score (nSPS) is 16.4. The first kappa shape index (κ1) is 20.1. The van der Waals surface area contributed by atoms with Crippen molar-refractivity contribution < 1.29 is 9.18 Å². The van der Waals surface area contributed by atoms with E-state index in [0.717, 1.165) is 12.8 Å². The Labute approximate surface area is 183 Å². The minimum Gasteiger partial charge on any atom is -0.337 e. The van der Waals surface area contributed by atoms with E-state index in [-0.39, 0.29) is 30.0 Å². The Morgan fingerprint density at radius 1 is 1.12 bits per heavy atom. The van der Waals surface area contributed by atoms with Crippen LogP contribution in [0, 0.1) is 5.82 Å². The maximum Gasteiger partial charge on any atom is 0.330 e. The van der Waals surface area contributed by atoms with Gasteiger partial charge >= 0.3 is 5.69 Å². The van der Waals surface area contributed by atoms with Gasteiger partial charge in [0.05, 0.1) is 23.7 Å². The number of halogens is 1. The average Bonchev–Trinajstić information content (AvgIpc) is 3.10. The summed E-state index contributed by atoms with van der Waals surface area (Å²) >= 11 is 0. The van der Waals surface area contributed by atoms with Crippen molar-refractivity contribution in [2.45, 2.75) is 25.4 Å². The molecule has 4 heterocycles. The van der Waals surface area contributed by atoms with Gasteiger partial charge in [-0.05, 0) is 54.8 Å². The van der Waals surface area contributed by atoms with E-state index in [0.29, 0.717) is 35.4 Å². The zero-order valence-corrected chi connectivity index (χ0v) is 17.4. The van der Waals surface area contributed by atoms with E-state index in [1.165, 1.54) is 12.1 Å². The van der Waals surface area contributed by atoms with Crippen LogP contribution in [0.3, 0.4) is 0 Å². The zero-order valence-electron chi connectivity index (χ0n) is 17.4. The maximum absolute atomic E-state index is 13.7. The summed E-state index contributed by atoms with van der Waals surface area (Å²) in [6, 6.07) is 13.2. The van der Waals surface area contributed by atoms with Crippen molar-refractivity contribution in [2.75, 3.05) is 13.1 Å². The molecule has 7 nitrogen and oxygen atoms in total. The minimum atomic E-state index is -0.339. The SMILES string of the molecule is O=C(c1cccnc1)N1CCCC(n2c(=O)n(Cc3cccc(F)c3)c3cccnc32)C1. The summed E-state index contributed by atoms with van der Waals surface area (Å²) in [5.74, 6) is -0.429. The number of amides is 1. The lowest BCUT2D eigenvalue weighted by atomic mass is 10.0. The smallest absolute Gasteiger partial charge is 0.330 e. The summed E-state index contributed by atoms with van der Waals surface area (Å²) in [5, 5.41) is 0. The lowest BCUT2D eigenvalue weighted by Gasteiger charge is -2.33. The van der Waals surface area contributed by atoms with Gasteiger partial charge in [-0.1, -0.05) is 12.1 Å². The second-order valence-electron chi connectivity index (χ2n) is 8.00. The van der Waals surface area contributed by atoms with Crippen LogP contribution in [-0.2, 0) is 6.54 Å². The lowest BCUT2D eigenvalue weighted by Crippen LogP contribution is -2.43. The zero-order chi connectivity index (χ0) is 22.1. The highest BCUT2D eigenvalue weighted by molar-refractivity contribution is 5.94. The van der Waals surface area contributed by atoms with E-state index in [2.05, 4.69) is 9.97 Å². The van der Waals surface area contributed by atoms with E-state index >= 15 is 0 Å². The molecule has 1 amide bonds. The molecular weight excluding hydrogens is 409 g/mol. The molecule has 0 saturated carbocycles. The molecule has 8 heteroatoms. The topological polar surface area (TPSA) is 73.0 Å². The third-order valence-electron chi connectivity index (χ3n) is 5.91. The number of hydrogen-bond acceptors (Lipinski definition) is 4. The highest BCUT2D eigenvalue weighted by Gasteiger charge is 2.29. The number of benzene rings is 1. The molecule has 1 aliphatic heterocycles. The third-order valence-corrected chi connectivity index (χ3v) is 5.91. The first-order chi connectivity index (χ1) is 15.6. The number of pyridine rings is 2. The van der Waals surface area contributed by atoms with E-state index in [1.54, 1.807) is 63.0 Å². The summed E-state index contributed by atoms with van der Waals surface area (Å²) in [5.41, 5.74) is 2.30. The number of carbonyl (C=O) groups excluding carboxylic acids is 1. The lowest BCUT2D eigenvalue weighted by molar-refractivity contribution is 0.0678. The van der Waals surface area contributed by atoms with Crippen molar-refractivity contribution in [1.29, 1.82) is 0 Å². The van der Waals surface area contributed by atoms with Crippen molar-refractivity contribution in [1.82, 2.24) is 24.0 Å². The molecule has 0 aliphatic carbocycles. The largest absolute Gasteiger partial charge is 0.337 e. The molecular formula is C24H22FN5O2. The van der Waals surface area contributed by atoms with Crippen molar-refractivity contribution >= 4 is 17.1 Å². The standard InChI is InChI=1S/C24H22FN5O2/c25-19-7-1-5-17(13-19)15-29-21-9-3-11-27-22(21)30(24(29)32)20-8-4-12-28(16-20)23(31)18-6-2-10-26-14-18/h1-3,5-7,9-11,13-14,20H,4,8,12,15-16H2. The fraction of sp³-hybridized carbons (Fsp3) is 0.250. The van der Waals surface area contributed by atoms with E-state index in [1.807, 2.05) is 6.07 Å². The fourth-order valence-electron chi connectivity index (χ4n) is 4.43. The first-order valence-electron chi connectivity index (χ1n) is 10.6. The summed E-state index contributed by atoms with van der Waals surface area (Å²) in [7, 11) is 0. The van der Waals surface area contributed by atoms with E-state index in [9.17, 15) is 14.0 Å². The molecule has 1 fully saturated rings. The van der Waals surface area contributed by atoms with E-state index in [4.69, 9.17) is 0 Å². The van der Waals surface area contributed by atoms with Gasteiger partial charge in [-0.2, -0.15) is 0 Å². The molecule has 0 spiro atoms. The Morgan fingerprint density at radius 3 is 2.81 bits per heavy atom. The van der Waals surface area contributed by atoms with Crippen LogP contribution in [0.1, 0.15) is 34.8 Å². The van der Waals surface area contributed by atoms with Crippen LogP contribution in [0.2, 0.25) is 0 Å². The van der Waals surface area contributed by atoms with Gasteiger partial charge in [0.25, 0.3) is 5.91 Å². The Kier molecular flexibility index (Phi) is 5.26. The molecule has 162 valence electrons. The van der Waals surface area contributed by atoms with Crippen molar-refractivity contribution in [3.05, 3.63) is 94.5 Å². The molecule has 0 bridgehead atoms. The first-order valence-corrected chi connectivity index (χ1v) is 10.6. The van der Waals surface area contributed by atoms with Gasteiger partial charge in [0.15, 0.2) is 5.65 Å². The number of hydrogen-bond donors (Lipinski definition) is 0. The van der Waals surface area contributed by atoms with Crippen LogP contribution in [0.5, 0.6) is 0 Å². The summed E-state index contributed by atoms with van der Waals surface area (Å²) in [4.78, 5) is 36.7. The van der Waals surface area contributed by atoms with Crippen LogP contribution in [0.4, 0.5) is 4.39 Å². The molecule has 1 atom stereocenters. The Balaban J connectivity index is 1.51. The number of carbonyl (C=O) groups is 1. The molecule has 1 aliphatic rings. The molecule has 5 rings (SSSR count). The number of fused-ring (bicyclic) bond motifs is 1. The summed E-state index contributed by atoms with van der Waals surface area (Å²) in [6.07, 6.45) is 6.41. The molecule has 32 heavy (non-hydrogen) atoms. The van der Waals surface area contributed by atoms with Gasteiger partial charge < -0.3 is 4.90 Å². The van der Waals surface area contributed by atoms with E-state index < -0.39 is 0 Å². The fourth-order valence-corrected chi connectivity index (χ4v) is 4.43. The molecule has 1 unspecified atom stereocenters. The van der Waals surface area contributed by atoms with Gasteiger partial charge in [-0.15, -0.1) is 0 Å². The van der Waals surface area contributed by atoms with Gasteiger partial charge in [-0.25, -0.2) is 14.2 Å². The van der Waals surface area contributed by atoms with Crippen molar-refractivity contribution in [2.24, 2.45) is 0 Å². The Bertz CT molecular complexity index is 1330. The Morgan fingerprint density at radius 2 is 2.00 bits per heavy atom. The average molecular weight is 431 g/mol. The molecule has 0 N–H and O–H groups in total. The van der Waals surface area contributed by atoms with Crippen molar-refractivity contribution in [3.63, 3.8) is 0 Å². The Hall–Kier alpha value is -3.81. The number of imidazole rings is 1. The summed E-state index contributed by atoms with van der Waals surface area (Å²) < 4.78 is 17.0. The van der Waals surface area contributed by atoms with Gasteiger partial charge in [0.2, 0.25) is 0 Å². The quantitative estimate of drug-likeness (QED) is 0.497. The highest BCUT2D eigenvalue weighted by Crippen LogP contribution is 2.25. The maximum atomic E-state index is 13.7. The highest BCUT2D eigenvalue weighted by atomic mass is 19.1. The predicted octanol–water partition coefficient (Wildman–Crippen LogP) is 3.26. The number of piperidine rings is 1. The van der Waals surface area contributed by atoms with Gasteiger partial charge in [-0.3, -0.25) is 18.9 Å². The third kappa shape index (κ3) is 3.68.